The Bertz CT molecular complexity index is 231. The highest BCUT2D eigenvalue weighted by Crippen LogP contribution is 2.47. The van der Waals surface area contributed by atoms with Gasteiger partial charge in [-0.2, -0.15) is 0 Å². The molecule has 0 atom stereocenters. The number of aliphatic hydroxyl groups excluding tert-OH is 1. The second-order valence-corrected chi connectivity index (χ2v) is 6.45. The van der Waals surface area contributed by atoms with Crippen LogP contribution in [0.3, 0.4) is 0 Å². The summed E-state index contributed by atoms with van der Waals surface area (Å²) in [4.78, 5) is 2.60. The van der Waals surface area contributed by atoms with Crippen LogP contribution in [0.25, 0.3) is 0 Å². The molecule has 1 aliphatic heterocycles. The summed E-state index contributed by atoms with van der Waals surface area (Å²) < 4.78 is 0. The van der Waals surface area contributed by atoms with E-state index in [0.717, 1.165) is 0 Å². The summed E-state index contributed by atoms with van der Waals surface area (Å²) in [5.41, 5.74) is 0.763. The normalized spacial score (nSPS) is 27.0. The first kappa shape index (κ1) is 13.4. The Hall–Kier alpha value is -0.0800. The van der Waals surface area contributed by atoms with Crippen molar-refractivity contribution in [3.63, 3.8) is 0 Å². The standard InChI is InChI=1S/C15H29NO/c1-3-7-14(8-4-2)11-16(12-14)15(13-17)9-5-6-10-15/h17H,3-13H2,1-2H3. The van der Waals surface area contributed by atoms with Gasteiger partial charge in [-0.15, -0.1) is 0 Å². The van der Waals surface area contributed by atoms with E-state index in [4.69, 9.17) is 0 Å². The van der Waals surface area contributed by atoms with Crippen LogP contribution in [0.1, 0.15) is 65.2 Å². The maximum Gasteiger partial charge on any atom is 0.0615 e. The van der Waals surface area contributed by atoms with Crippen molar-refractivity contribution in [2.45, 2.75) is 70.8 Å². The number of nitrogens with zero attached hydrogens (tertiary/aromatic N) is 1. The lowest BCUT2D eigenvalue weighted by atomic mass is 9.70. The van der Waals surface area contributed by atoms with Crippen LogP contribution in [-0.2, 0) is 0 Å². The van der Waals surface area contributed by atoms with E-state index in [2.05, 4.69) is 18.7 Å². The predicted molar refractivity (Wildman–Crippen MR) is 72.1 cm³/mol. The molecule has 2 heteroatoms. The Balaban J connectivity index is 1.95. The van der Waals surface area contributed by atoms with Crippen molar-refractivity contribution in [3.8, 4) is 0 Å². The van der Waals surface area contributed by atoms with Crippen LogP contribution in [0.15, 0.2) is 0 Å². The first-order chi connectivity index (χ1) is 8.20. The molecule has 0 aromatic rings. The summed E-state index contributed by atoms with van der Waals surface area (Å²) >= 11 is 0. The SMILES string of the molecule is CCCC1(CCC)CN(C2(CO)CCCC2)C1. The minimum Gasteiger partial charge on any atom is -0.394 e. The summed E-state index contributed by atoms with van der Waals surface area (Å²) in [6, 6.07) is 0. The Labute approximate surface area is 106 Å². The Kier molecular flexibility index (Phi) is 4.14. The van der Waals surface area contributed by atoms with Gasteiger partial charge in [0.15, 0.2) is 0 Å². The summed E-state index contributed by atoms with van der Waals surface area (Å²) in [5.74, 6) is 0. The fraction of sp³-hybridized carbons (Fsp3) is 1.00. The van der Waals surface area contributed by atoms with Crippen LogP contribution in [0.2, 0.25) is 0 Å². The van der Waals surface area contributed by atoms with Crippen LogP contribution in [0.4, 0.5) is 0 Å². The minimum absolute atomic E-state index is 0.172. The molecular weight excluding hydrogens is 210 g/mol. The van der Waals surface area contributed by atoms with E-state index in [-0.39, 0.29) is 5.54 Å². The maximum absolute atomic E-state index is 9.74. The molecule has 0 amide bonds. The van der Waals surface area contributed by atoms with E-state index in [9.17, 15) is 5.11 Å². The number of aliphatic hydroxyl groups is 1. The third-order valence-electron chi connectivity index (χ3n) is 5.11. The van der Waals surface area contributed by atoms with Crippen molar-refractivity contribution >= 4 is 0 Å². The van der Waals surface area contributed by atoms with Gasteiger partial charge in [0, 0.05) is 18.6 Å². The van der Waals surface area contributed by atoms with E-state index in [1.165, 1.54) is 64.5 Å². The summed E-state index contributed by atoms with van der Waals surface area (Å²) in [6.07, 6.45) is 10.4. The molecule has 0 unspecified atom stereocenters. The topological polar surface area (TPSA) is 23.5 Å². The molecule has 1 N–H and O–H groups in total. The second-order valence-electron chi connectivity index (χ2n) is 6.45. The van der Waals surface area contributed by atoms with E-state index >= 15 is 0 Å². The molecule has 0 aromatic heterocycles. The maximum atomic E-state index is 9.74. The molecule has 100 valence electrons. The zero-order valence-corrected chi connectivity index (χ0v) is 11.7. The van der Waals surface area contributed by atoms with Gasteiger partial charge < -0.3 is 5.11 Å². The lowest BCUT2D eigenvalue weighted by Crippen LogP contribution is -2.65. The monoisotopic (exact) mass is 239 g/mol. The molecule has 2 rings (SSSR count). The average molecular weight is 239 g/mol. The molecular formula is C15H29NO. The van der Waals surface area contributed by atoms with E-state index in [0.29, 0.717) is 12.0 Å². The Morgan fingerprint density at radius 2 is 1.53 bits per heavy atom. The third-order valence-corrected chi connectivity index (χ3v) is 5.11. The van der Waals surface area contributed by atoms with Crippen molar-refractivity contribution < 1.29 is 5.11 Å². The molecule has 1 saturated carbocycles. The first-order valence-corrected chi connectivity index (χ1v) is 7.56. The lowest BCUT2D eigenvalue weighted by molar-refractivity contribution is -0.103. The van der Waals surface area contributed by atoms with Crippen LogP contribution in [-0.4, -0.2) is 35.2 Å². The van der Waals surface area contributed by atoms with Gasteiger partial charge in [0.2, 0.25) is 0 Å². The molecule has 1 aliphatic carbocycles. The average Bonchev–Trinajstić information content (AvgIpc) is 2.75. The zero-order chi connectivity index (χ0) is 12.4. The van der Waals surface area contributed by atoms with E-state index < -0.39 is 0 Å². The van der Waals surface area contributed by atoms with E-state index in [1.807, 2.05) is 0 Å². The molecule has 2 fully saturated rings. The number of likely N-dealkylation sites (tertiary alicyclic amines) is 1. The molecule has 1 saturated heterocycles. The van der Waals surface area contributed by atoms with Crippen molar-refractivity contribution in [2.75, 3.05) is 19.7 Å². The number of hydrogen-bond donors (Lipinski definition) is 1. The molecule has 0 aromatic carbocycles. The first-order valence-electron chi connectivity index (χ1n) is 7.56. The second kappa shape index (κ2) is 5.27. The highest BCUT2D eigenvalue weighted by atomic mass is 16.3. The fourth-order valence-corrected chi connectivity index (χ4v) is 4.21. The van der Waals surface area contributed by atoms with Crippen molar-refractivity contribution in [1.29, 1.82) is 0 Å². The highest BCUT2D eigenvalue weighted by molar-refractivity contribution is 5.05. The summed E-state index contributed by atoms with van der Waals surface area (Å²) in [6.45, 7) is 7.47. The van der Waals surface area contributed by atoms with Crippen LogP contribution in [0, 0.1) is 5.41 Å². The van der Waals surface area contributed by atoms with Gasteiger partial charge >= 0.3 is 0 Å². The fourth-order valence-electron chi connectivity index (χ4n) is 4.21. The Morgan fingerprint density at radius 1 is 1.00 bits per heavy atom. The van der Waals surface area contributed by atoms with Crippen LogP contribution < -0.4 is 0 Å². The van der Waals surface area contributed by atoms with Gasteiger partial charge in [-0.05, 0) is 31.1 Å². The van der Waals surface area contributed by atoms with Gasteiger partial charge in [0.1, 0.15) is 0 Å². The smallest absolute Gasteiger partial charge is 0.0615 e. The van der Waals surface area contributed by atoms with Gasteiger partial charge in [-0.25, -0.2) is 0 Å². The molecule has 0 spiro atoms. The zero-order valence-electron chi connectivity index (χ0n) is 11.7. The van der Waals surface area contributed by atoms with Crippen LogP contribution in [0.5, 0.6) is 0 Å². The lowest BCUT2D eigenvalue weighted by Gasteiger charge is -2.58. The van der Waals surface area contributed by atoms with E-state index in [1.54, 1.807) is 0 Å². The molecule has 0 radical (unpaired) electrons. The molecule has 2 nitrogen and oxygen atoms in total. The van der Waals surface area contributed by atoms with Crippen molar-refractivity contribution in [2.24, 2.45) is 5.41 Å². The number of hydrogen-bond acceptors (Lipinski definition) is 2. The quantitative estimate of drug-likeness (QED) is 0.769. The van der Waals surface area contributed by atoms with Crippen molar-refractivity contribution in [3.05, 3.63) is 0 Å². The molecule has 0 bridgehead atoms. The third kappa shape index (κ3) is 2.39. The van der Waals surface area contributed by atoms with Crippen LogP contribution >= 0.6 is 0 Å². The highest BCUT2D eigenvalue weighted by Gasteiger charge is 2.50. The summed E-state index contributed by atoms with van der Waals surface area (Å²) in [5, 5.41) is 9.74. The minimum atomic E-state index is 0.172. The Morgan fingerprint density at radius 3 is 1.94 bits per heavy atom. The van der Waals surface area contributed by atoms with Gasteiger partial charge in [0.05, 0.1) is 6.61 Å². The molecule has 1 heterocycles. The largest absolute Gasteiger partial charge is 0.394 e. The predicted octanol–water partition coefficient (Wildman–Crippen LogP) is 3.19. The molecule has 17 heavy (non-hydrogen) atoms. The van der Waals surface area contributed by atoms with Gasteiger partial charge in [-0.3, -0.25) is 4.90 Å². The molecule has 2 aliphatic rings. The van der Waals surface area contributed by atoms with Gasteiger partial charge in [0.25, 0.3) is 0 Å². The van der Waals surface area contributed by atoms with Gasteiger partial charge in [-0.1, -0.05) is 39.5 Å². The van der Waals surface area contributed by atoms with Crippen molar-refractivity contribution in [1.82, 2.24) is 4.90 Å². The number of rotatable bonds is 6. The summed E-state index contributed by atoms with van der Waals surface area (Å²) in [7, 11) is 0.